The van der Waals surface area contributed by atoms with Crippen molar-refractivity contribution in [2.24, 2.45) is 0 Å². The van der Waals surface area contributed by atoms with Crippen LogP contribution in [0, 0.1) is 12.7 Å². The van der Waals surface area contributed by atoms with E-state index in [9.17, 15) is 9.18 Å². The molecule has 1 aliphatic rings. The Balaban J connectivity index is 1.75. The molecule has 142 valence electrons. The number of hydrogen-bond acceptors (Lipinski definition) is 4. The van der Waals surface area contributed by atoms with Crippen LogP contribution in [0.25, 0.3) is 33.3 Å². The van der Waals surface area contributed by atoms with Crippen molar-refractivity contribution in [1.29, 1.82) is 0 Å². The molecule has 0 fully saturated rings. The van der Waals surface area contributed by atoms with Gasteiger partial charge >= 0.3 is 0 Å². The summed E-state index contributed by atoms with van der Waals surface area (Å²) in [4.78, 5) is 20.8. The first-order valence-electron chi connectivity index (χ1n) is 9.18. The van der Waals surface area contributed by atoms with E-state index in [0.717, 1.165) is 27.6 Å². The smallest absolute Gasteiger partial charge is 0.262 e. The SMILES string of the molecule is Cc1cc(-c2nc3c(cc2-c2ccc4ncccc4c2)NC(=O)CO3)ccc1F. The van der Waals surface area contributed by atoms with Crippen molar-refractivity contribution >= 4 is 22.5 Å². The van der Waals surface area contributed by atoms with Gasteiger partial charge in [-0.3, -0.25) is 9.78 Å². The molecule has 0 saturated carbocycles. The first kappa shape index (κ1) is 17.3. The number of nitrogens with one attached hydrogen (secondary N) is 1. The van der Waals surface area contributed by atoms with Crippen molar-refractivity contribution in [2.75, 3.05) is 11.9 Å². The number of anilines is 1. The Bertz CT molecular complexity index is 1290. The maximum atomic E-state index is 13.8. The number of pyridine rings is 2. The van der Waals surface area contributed by atoms with Crippen molar-refractivity contribution in [3.63, 3.8) is 0 Å². The highest BCUT2D eigenvalue weighted by atomic mass is 19.1. The summed E-state index contributed by atoms with van der Waals surface area (Å²) in [7, 11) is 0. The van der Waals surface area contributed by atoms with Crippen molar-refractivity contribution < 1.29 is 13.9 Å². The molecule has 29 heavy (non-hydrogen) atoms. The minimum Gasteiger partial charge on any atom is -0.466 e. The monoisotopic (exact) mass is 385 g/mol. The predicted molar refractivity (Wildman–Crippen MR) is 109 cm³/mol. The van der Waals surface area contributed by atoms with Crippen molar-refractivity contribution in [3.8, 4) is 28.3 Å². The molecule has 3 heterocycles. The van der Waals surface area contributed by atoms with E-state index in [4.69, 9.17) is 4.74 Å². The molecular formula is C23H16FN3O2. The highest BCUT2D eigenvalue weighted by Gasteiger charge is 2.22. The average molecular weight is 385 g/mol. The fourth-order valence-corrected chi connectivity index (χ4v) is 3.49. The largest absolute Gasteiger partial charge is 0.466 e. The third-order valence-corrected chi connectivity index (χ3v) is 4.95. The van der Waals surface area contributed by atoms with Crippen LogP contribution in [0.4, 0.5) is 10.1 Å². The number of benzene rings is 2. The Kier molecular flexibility index (Phi) is 3.98. The van der Waals surface area contributed by atoms with Crippen LogP contribution in [0.3, 0.4) is 0 Å². The fourth-order valence-electron chi connectivity index (χ4n) is 3.49. The van der Waals surface area contributed by atoms with Gasteiger partial charge in [-0.05, 0) is 60.5 Å². The van der Waals surface area contributed by atoms with Gasteiger partial charge in [0.1, 0.15) is 11.5 Å². The first-order valence-corrected chi connectivity index (χ1v) is 9.18. The van der Waals surface area contributed by atoms with Gasteiger partial charge in [0.25, 0.3) is 5.91 Å². The minimum atomic E-state index is -0.270. The normalized spacial score (nSPS) is 13.0. The van der Waals surface area contributed by atoms with Gasteiger partial charge in [-0.15, -0.1) is 0 Å². The Morgan fingerprint density at radius 3 is 2.79 bits per heavy atom. The van der Waals surface area contributed by atoms with E-state index >= 15 is 0 Å². The Labute approximate surface area is 166 Å². The van der Waals surface area contributed by atoms with Gasteiger partial charge in [0, 0.05) is 22.7 Å². The zero-order valence-corrected chi connectivity index (χ0v) is 15.6. The number of amides is 1. The van der Waals surface area contributed by atoms with Crippen LogP contribution in [0.1, 0.15) is 5.56 Å². The lowest BCUT2D eigenvalue weighted by Gasteiger charge is -2.20. The van der Waals surface area contributed by atoms with E-state index in [1.165, 1.54) is 6.07 Å². The van der Waals surface area contributed by atoms with E-state index in [0.29, 0.717) is 22.8 Å². The maximum absolute atomic E-state index is 13.8. The highest BCUT2D eigenvalue weighted by Crippen LogP contribution is 2.39. The molecule has 0 aliphatic carbocycles. The molecule has 1 N–H and O–H groups in total. The topological polar surface area (TPSA) is 64.1 Å². The van der Waals surface area contributed by atoms with Crippen LogP contribution in [-0.4, -0.2) is 22.5 Å². The van der Waals surface area contributed by atoms with Gasteiger partial charge in [0.05, 0.1) is 11.2 Å². The van der Waals surface area contributed by atoms with E-state index < -0.39 is 0 Å². The Hall–Kier alpha value is -3.80. The fraction of sp³-hybridized carbons (Fsp3) is 0.0870. The van der Waals surface area contributed by atoms with Gasteiger partial charge < -0.3 is 10.1 Å². The lowest BCUT2D eigenvalue weighted by atomic mass is 9.96. The van der Waals surface area contributed by atoms with E-state index in [1.54, 1.807) is 25.3 Å². The molecule has 2 aromatic carbocycles. The molecule has 1 aliphatic heterocycles. The number of carbonyl (C=O) groups excluding carboxylic acids is 1. The molecule has 5 rings (SSSR count). The molecule has 0 saturated heterocycles. The van der Waals surface area contributed by atoms with Crippen LogP contribution in [0.5, 0.6) is 5.88 Å². The molecule has 0 radical (unpaired) electrons. The van der Waals surface area contributed by atoms with Crippen LogP contribution in [0.15, 0.2) is 60.8 Å². The zero-order chi connectivity index (χ0) is 20.0. The number of aryl methyl sites for hydroxylation is 1. The maximum Gasteiger partial charge on any atom is 0.262 e. The number of rotatable bonds is 2. The second kappa shape index (κ2) is 6.67. The molecule has 5 nitrogen and oxygen atoms in total. The molecule has 0 bridgehead atoms. The summed E-state index contributed by atoms with van der Waals surface area (Å²) < 4.78 is 19.3. The van der Waals surface area contributed by atoms with Crippen LogP contribution < -0.4 is 10.1 Å². The molecule has 0 unspecified atom stereocenters. The Morgan fingerprint density at radius 1 is 1.07 bits per heavy atom. The average Bonchev–Trinajstić information content (AvgIpc) is 2.74. The Morgan fingerprint density at radius 2 is 1.93 bits per heavy atom. The van der Waals surface area contributed by atoms with Crippen LogP contribution in [-0.2, 0) is 4.79 Å². The van der Waals surface area contributed by atoms with Crippen LogP contribution in [0.2, 0.25) is 0 Å². The summed E-state index contributed by atoms with van der Waals surface area (Å²) in [5, 5.41) is 3.80. The molecule has 1 amide bonds. The molecule has 0 atom stereocenters. The predicted octanol–water partition coefficient (Wildman–Crippen LogP) is 4.74. The van der Waals surface area contributed by atoms with Crippen molar-refractivity contribution in [3.05, 3.63) is 72.2 Å². The van der Waals surface area contributed by atoms with Crippen LogP contribution >= 0.6 is 0 Å². The summed E-state index contributed by atoms with van der Waals surface area (Å²) in [5.74, 6) is -0.139. The summed E-state index contributed by atoms with van der Waals surface area (Å²) in [6.07, 6.45) is 1.75. The van der Waals surface area contributed by atoms with E-state index in [-0.39, 0.29) is 18.3 Å². The number of carbonyl (C=O) groups is 1. The summed E-state index contributed by atoms with van der Waals surface area (Å²) in [6.45, 7) is 1.64. The molecule has 4 aromatic rings. The molecule has 2 aromatic heterocycles. The number of hydrogen-bond donors (Lipinski definition) is 1. The third-order valence-electron chi connectivity index (χ3n) is 4.95. The standard InChI is InChI=1S/C23H16FN3O2/c1-13-9-16(4-6-18(13)24)22-17(11-20-23(27-22)29-12-21(28)26-20)14-5-7-19-15(10-14)3-2-8-25-19/h2-11H,12H2,1H3,(H,26,28). The van der Waals surface area contributed by atoms with Gasteiger partial charge in [-0.1, -0.05) is 12.1 Å². The lowest BCUT2D eigenvalue weighted by Crippen LogP contribution is -2.26. The number of aromatic nitrogens is 2. The van der Waals surface area contributed by atoms with E-state index in [2.05, 4.69) is 15.3 Å². The summed E-state index contributed by atoms with van der Waals surface area (Å²) in [6, 6.07) is 16.6. The molecule has 6 heteroatoms. The van der Waals surface area contributed by atoms with Gasteiger partial charge in [-0.25, -0.2) is 9.37 Å². The van der Waals surface area contributed by atoms with Crippen molar-refractivity contribution in [1.82, 2.24) is 9.97 Å². The summed E-state index contributed by atoms with van der Waals surface area (Å²) in [5.41, 5.74) is 5.09. The number of nitrogens with zero attached hydrogens (tertiary/aromatic N) is 2. The second-order valence-electron chi connectivity index (χ2n) is 6.95. The highest BCUT2D eigenvalue weighted by molar-refractivity contribution is 5.98. The minimum absolute atomic E-state index is 0.0805. The third kappa shape index (κ3) is 3.08. The number of ether oxygens (including phenoxy) is 1. The van der Waals surface area contributed by atoms with Gasteiger partial charge in [0.15, 0.2) is 6.61 Å². The number of halogens is 1. The van der Waals surface area contributed by atoms with Gasteiger partial charge in [0.2, 0.25) is 5.88 Å². The summed E-state index contributed by atoms with van der Waals surface area (Å²) >= 11 is 0. The van der Waals surface area contributed by atoms with E-state index in [1.807, 2.05) is 36.4 Å². The quantitative estimate of drug-likeness (QED) is 0.541. The lowest BCUT2D eigenvalue weighted by molar-refractivity contribution is -0.118. The van der Waals surface area contributed by atoms with Gasteiger partial charge in [-0.2, -0.15) is 0 Å². The molecule has 0 spiro atoms. The first-order chi connectivity index (χ1) is 14.1. The zero-order valence-electron chi connectivity index (χ0n) is 15.6. The second-order valence-corrected chi connectivity index (χ2v) is 6.95. The molecular weight excluding hydrogens is 369 g/mol. The van der Waals surface area contributed by atoms with Crippen molar-refractivity contribution in [2.45, 2.75) is 6.92 Å². The number of fused-ring (bicyclic) bond motifs is 2.